The maximum absolute atomic E-state index is 11.7. The Morgan fingerprint density at radius 1 is 1.43 bits per heavy atom. The smallest absolute Gasteiger partial charge is 0.407 e. The van der Waals surface area contributed by atoms with Crippen LogP contribution in [0.4, 0.5) is 10.5 Å². The van der Waals surface area contributed by atoms with Crippen molar-refractivity contribution in [3.8, 4) is 0 Å². The number of alkyl carbamates (subject to hydrolysis) is 1. The van der Waals surface area contributed by atoms with Crippen molar-refractivity contribution < 1.29 is 14.3 Å². The van der Waals surface area contributed by atoms with Crippen LogP contribution in [0.3, 0.4) is 0 Å². The average Bonchev–Trinajstić information content (AvgIpc) is 3.24. The molecule has 1 saturated carbocycles. The molecule has 0 bridgehead atoms. The molecule has 1 aliphatic carbocycles. The summed E-state index contributed by atoms with van der Waals surface area (Å²) in [5.41, 5.74) is 1.66. The topological polar surface area (TPSA) is 80.3 Å². The van der Waals surface area contributed by atoms with Crippen LogP contribution in [0.2, 0.25) is 0 Å². The van der Waals surface area contributed by atoms with Crippen molar-refractivity contribution in [1.82, 2.24) is 10.3 Å². The van der Waals surface area contributed by atoms with E-state index in [1.165, 1.54) is 25.0 Å². The molecule has 0 aliphatic heterocycles. The van der Waals surface area contributed by atoms with Gasteiger partial charge in [0.25, 0.3) is 0 Å². The zero-order valence-electron chi connectivity index (χ0n) is 11.5. The van der Waals surface area contributed by atoms with Crippen molar-refractivity contribution in [3.63, 3.8) is 0 Å². The molecule has 0 atom stereocenters. The molecular formula is C14H15N3O3S. The number of ether oxygens (including phenoxy) is 1. The van der Waals surface area contributed by atoms with E-state index in [0.29, 0.717) is 11.6 Å². The molecule has 0 unspecified atom stereocenters. The quantitative estimate of drug-likeness (QED) is 0.909. The molecule has 1 aromatic carbocycles. The summed E-state index contributed by atoms with van der Waals surface area (Å²) >= 11 is 1.68. The van der Waals surface area contributed by atoms with Gasteiger partial charge in [-0.05, 0) is 31.0 Å². The summed E-state index contributed by atoms with van der Waals surface area (Å²) in [7, 11) is 1.25. The monoisotopic (exact) mass is 305 g/mol. The lowest BCUT2D eigenvalue weighted by Gasteiger charge is -2.05. The van der Waals surface area contributed by atoms with Crippen LogP contribution in [-0.4, -0.2) is 30.6 Å². The molecule has 3 rings (SSSR count). The first-order valence-corrected chi connectivity index (χ1v) is 7.49. The number of anilines is 1. The van der Waals surface area contributed by atoms with E-state index >= 15 is 0 Å². The van der Waals surface area contributed by atoms with E-state index in [1.54, 1.807) is 11.3 Å². The van der Waals surface area contributed by atoms with Gasteiger partial charge in [-0.25, -0.2) is 9.78 Å². The third-order valence-corrected chi connectivity index (χ3v) is 4.37. The molecule has 2 aromatic rings. The van der Waals surface area contributed by atoms with Gasteiger partial charge in [-0.1, -0.05) is 0 Å². The second kappa shape index (κ2) is 5.69. The van der Waals surface area contributed by atoms with Gasteiger partial charge in [-0.15, -0.1) is 11.3 Å². The molecule has 21 heavy (non-hydrogen) atoms. The molecule has 1 aromatic heterocycles. The minimum absolute atomic E-state index is 0.124. The Labute approximate surface area is 125 Å². The number of rotatable bonds is 4. The average molecular weight is 305 g/mol. The van der Waals surface area contributed by atoms with Crippen LogP contribution >= 0.6 is 11.3 Å². The van der Waals surface area contributed by atoms with Crippen molar-refractivity contribution in [2.24, 2.45) is 0 Å². The van der Waals surface area contributed by atoms with E-state index < -0.39 is 6.09 Å². The van der Waals surface area contributed by atoms with E-state index in [2.05, 4.69) is 20.4 Å². The first-order chi connectivity index (χ1) is 10.2. The van der Waals surface area contributed by atoms with Gasteiger partial charge in [0, 0.05) is 11.6 Å². The zero-order valence-corrected chi connectivity index (χ0v) is 12.3. The van der Waals surface area contributed by atoms with Crippen LogP contribution in [0.25, 0.3) is 10.2 Å². The number of nitrogens with one attached hydrogen (secondary N) is 2. The zero-order chi connectivity index (χ0) is 14.8. The first kappa shape index (κ1) is 13.8. The molecule has 1 heterocycles. The van der Waals surface area contributed by atoms with Crippen LogP contribution in [-0.2, 0) is 9.53 Å². The number of fused-ring (bicyclic) bond motifs is 1. The predicted octanol–water partition coefficient (Wildman–Crippen LogP) is 2.47. The maximum Gasteiger partial charge on any atom is 0.407 e. The van der Waals surface area contributed by atoms with Gasteiger partial charge in [0.15, 0.2) is 0 Å². The van der Waals surface area contributed by atoms with Crippen LogP contribution in [0.5, 0.6) is 0 Å². The molecule has 0 spiro atoms. The molecule has 110 valence electrons. The highest BCUT2D eigenvalue weighted by atomic mass is 32.1. The highest BCUT2D eigenvalue weighted by Crippen LogP contribution is 2.43. The second-order valence-electron chi connectivity index (χ2n) is 4.90. The molecule has 0 saturated heterocycles. The Bertz CT molecular complexity index is 694. The van der Waals surface area contributed by atoms with Crippen molar-refractivity contribution in [3.05, 3.63) is 23.2 Å². The lowest BCUT2D eigenvalue weighted by Crippen LogP contribution is -2.32. The number of aromatic nitrogens is 1. The molecule has 6 nitrogen and oxygen atoms in total. The molecule has 2 amide bonds. The van der Waals surface area contributed by atoms with Crippen molar-refractivity contribution >= 4 is 39.2 Å². The minimum atomic E-state index is -0.628. The SMILES string of the molecule is COC(=O)NCC(=O)Nc1ccc2nc(C3CC3)sc2c1. The van der Waals surface area contributed by atoms with Crippen molar-refractivity contribution in [2.45, 2.75) is 18.8 Å². The third kappa shape index (κ3) is 3.30. The Kier molecular flexibility index (Phi) is 3.74. The Hall–Kier alpha value is -2.15. The summed E-state index contributed by atoms with van der Waals surface area (Å²) in [5.74, 6) is 0.330. The third-order valence-electron chi connectivity index (χ3n) is 3.19. The summed E-state index contributed by atoms with van der Waals surface area (Å²) in [5, 5.41) is 6.25. The standard InChI is InChI=1S/C14H15N3O3S/c1-20-14(19)15-7-12(18)16-9-4-5-10-11(6-9)21-13(17-10)8-2-3-8/h4-6,8H,2-3,7H2,1H3,(H,15,19)(H,16,18). The highest BCUT2D eigenvalue weighted by molar-refractivity contribution is 7.18. The fraction of sp³-hybridized carbons (Fsp3) is 0.357. The lowest BCUT2D eigenvalue weighted by molar-refractivity contribution is -0.115. The predicted molar refractivity (Wildman–Crippen MR) is 80.6 cm³/mol. The van der Waals surface area contributed by atoms with E-state index in [4.69, 9.17) is 0 Å². The summed E-state index contributed by atoms with van der Waals surface area (Å²) in [6.45, 7) is -0.124. The molecule has 1 aliphatic rings. The lowest BCUT2D eigenvalue weighted by atomic mass is 10.3. The number of nitrogens with zero attached hydrogens (tertiary/aromatic N) is 1. The normalized spacial score (nSPS) is 14.0. The number of thiazole rings is 1. The largest absolute Gasteiger partial charge is 0.453 e. The number of amides is 2. The van der Waals surface area contributed by atoms with Gasteiger partial charge in [-0.2, -0.15) is 0 Å². The molecule has 2 N–H and O–H groups in total. The summed E-state index contributed by atoms with van der Waals surface area (Å²) in [4.78, 5) is 27.2. The number of carbonyl (C=O) groups is 2. The molecular weight excluding hydrogens is 290 g/mol. The Morgan fingerprint density at radius 2 is 2.24 bits per heavy atom. The van der Waals surface area contributed by atoms with Gasteiger partial charge in [0.2, 0.25) is 5.91 Å². The Balaban J connectivity index is 1.66. The van der Waals surface area contributed by atoms with Gasteiger partial charge in [0.05, 0.1) is 22.3 Å². The van der Waals surface area contributed by atoms with Crippen LogP contribution in [0.15, 0.2) is 18.2 Å². The number of hydrogen-bond acceptors (Lipinski definition) is 5. The van der Waals surface area contributed by atoms with E-state index in [-0.39, 0.29) is 12.5 Å². The van der Waals surface area contributed by atoms with Crippen LogP contribution in [0.1, 0.15) is 23.8 Å². The number of carbonyl (C=O) groups excluding carboxylic acids is 2. The van der Waals surface area contributed by atoms with Crippen LogP contribution in [0, 0.1) is 0 Å². The fourth-order valence-electron chi connectivity index (χ4n) is 1.95. The summed E-state index contributed by atoms with van der Waals surface area (Å²) < 4.78 is 5.47. The van der Waals surface area contributed by atoms with E-state index in [1.807, 2.05) is 18.2 Å². The van der Waals surface area contributed by atoms with Crippen LogP contribution < -0.4 is 10.6 Å². The number of benzene rings is 1. The molecule has 1 fully saturated rings. The summed E-state index contributed by atoms with van der Waals surface area (Å²) in [6, 6.07) is 5.63. The van der Waals surface area contributed by atoms with E-state index in [9.17, 15) is 9.59 Å². The van der Waals surface area contributed by atoms with Crippen molar-refractivity contribution in [1.29, 1.82) is 0 Å². The molecule has 0 radical (unpaired) electrons. The van der Waals surface area contributed by atoms with Crippen molar-refractivity contribution in [2.75, 3.05) is 19.0 Å². The van der Waals surface area contributed by atoms with Gasteiger partial charge < -0.3 is 15.4 Å². The fourth-order valence-corrected chi connectivity index (χ4v) is 3.13. The maximum atomic E-state index is 11.7. The number of methoxy groups -OCH3 is 1. The molecule has 7 heteroatoms. The summed E-state index contributed by atoms with van der Waals surface area (Å²) in [6.07, 6.45) is 1.82. The second-order valence-corrected chi connectivity index (χ2v) is 5.96. The van der Waals surface area contributed by atoms with Gasteiger partial charge in [-0.3, -0.25) is 4.79 Å². The highest BCUT2D eigenvalue weighted by Gasteiger charge is 2.26. The minimum Gasteiger partial charge on any atom is -0.453 e. The Morgan fingerprint density at radius 3 is 2.95 bits per heavy atom. The first-order valence-electron chi connectivity index (χ1n) is 6.68. The number of hydrogen-bond donors (Lipinski definition) is 2. The van der Waals surface area contributed by atoms with Gasteiger partial charge in [0.1, 0.15) is 6.54 Å². The van der Waals surface area contributed by atoms with E-state index in [0.717, 1.165) is 10.2 Å². The van der Waals surface area contributed by atoms with Gasteiger partial charge >= 0.3 is 6.09 Å².